The van der Waals surface area contributed by atoms with E-state index in [-0.39, 0.29) is 32.8 Å². The number of alkyl halides is 3. The van der Waals surface area contributed by atoms with E-state index in [9.17, 15) is 22.8 Å². The highest BCUT2D eigenvalue weighted by atomic mass is 19.4. The average molecular weight is 841 g/mol. The summed E-state index contributed by atoms with van der Waals surface area (Å²) in [5.41, 5.74) is 1.45. The van der Waals surface area contributed by atoms with Crippen LogP contribution in [-0.2, 0) is 25.2 Å². The zero-order chi connectivity index (χ0) is 44.6. The predicted molar refractivity (Wildman–Crippen MR) is 226 cm³/mol. The van der Waals surface area contributed by atoms with Gasteiger partial charge < -0.3 is 18.9 Å². The third-order valence-electron chi connectivity index (χ3n) is 9.46. The number of hydrogen-bond donors (Lipinski definition) is 0. The third-order valence-corrected chi connectivity index (χ3v) is 9.46. The maximum atomic E-state index is 13.2. The number of halogens is 3. The molecule has 5 aromatic rings. The molecule has 0 saturated heterocycles. The monoisotopic (exact) mass is 840 g/mol. The van der Waals surface area contributed by atoms with Crippen molar-refractivity contribution in [2.45, 2.75) is 46.7 Å². The van der Waals surface area contributed by atoms with Gasteiger partial charge in [-0.1, -0.05) is 30.6 Å². The van der Waals surface area contributed by atoms with Crippen LogP contribution in [0.1, 0.15) is 74.0 Å². The summed E-state index contributed by atoms with van der Waals surface area (Å²) in [6.07, 6.45) is -2.28. The number of nitriles is 1. The Balaban J connectivity index is 0.999. The number of azo groups is 1. The van der Waals surface area contributed by atoms with Crippen LogP contribution in [0, 0.1) is 45.8 Å². The summed E-state index contributed by atoms with van der Waals surface area (Å²) < 4.78 is 61.0. The summed E-state index contributed by atoms with van der Waals surface area (Å²) in [6.45, 7) is 7.39. The topological polar surface area (TPSA) is 132 Å². The molecule has 0 aliphatic heterocycles. The molecule has 0 fully saturated rings. The standard InChI is InChI=1S/C49H43F3N4O6/c1-5-48(4,34-47(2,3)45(57)61-30-28-60-44-26-22-40(23-27-44)55-56-42-21-20-41(32-53)54-33-42)46(58)62-31-29-59-43-24-16-38(17-25-43)13-11-36-8-6-35(7-9-36)10-12-37-14-18-39(19-15-37)49(50,51)52/h6-9,14-27,33H,5,28-31,34H2,1-4H3/b56-55+. The van der Waals surface area contributed by atoms with Gasteiger partial charge in [-0.2, -0.15) is 23.5 Å². The van der Waals surface area contributed by atoms with E-state index < -0.39 is 34.5 Å². The van der Waals surface area contributed by atoms with Crippen molar-refractivity contribution < 1.29 is 41.7 Å². The first-order chi connectivity index (χ1) is 29.7. The van der Waals surface area contributed by atoms with Gasteiger partial charge in [0.05, 0.1) is 28.3 Å². The first kappa shape index (κ1) is 45.7. The molecule has 10 nitrogen and oxygen atoms in total. The summed E-state index contributed by atoms with van der Waals surface area (Å²) in [5.74, 6) is 12.2. The smallest absolute Gasteiger partial charge is 0.416 e. The molecular formula is C49H43F3N4O6. The summed E-state index contributed by atoms with van der Waals surface area (Å²) in [6, 6.07) is 31.1. The highest BCUT2D eigenvalue weighted by molar-refractivity contribution is 5.80. The minimum absolute atomic E-state index is 0.0126. The molecule has 4 aromatic carbocycles. The molecule has 5 rings (SSSR count). The van der Waals surface area contributed by atoms with E-state index in [4.69, 9.17) is 24.2 Å². The molecule has 62 heavy (non-hydrogen) atoms. The predicted octanol–water partition coefficient (Wildman–Crippen LogP) is 10.6. The van der Waals surface area contributed by atoms with Gasteiger partial charge in [-0.3, -0.25) is 9.59 Å². The molecule has 0 spiro atoms. The SMILES string of the molecule is CCC(C)(CC(C)(C)C(=O)OCCOc1ccc(/N=N/c2ccc(C#N)nc2)cc1)C(=O)OCCOc1ccc(C#Cc2ccc(C#Cc3ccc(C(F)(F)F)cc3)cc2)cc1. The van der Waals surface area contributed by atoms with Crippen molar-refractivity contribution in [3.63, 3.8) is 0 Å². The fourth-order valence-corrected chi connectivity index (χ4v) is 5.88. The Kier molecular flexibility index (Phi) is 15.6. The lowest BCUT2D eigenvalue weighted by atomic mass is 9.72. The number of carbonyl (C=O) groups is 2. The van der Waals surface area contributed by atoms with E-state index in [0.29, 0.717) is 46.1 Å². The van der Waals surface area contributed by atoms with Crippen LogP contribution in [0.15, 0.2) is 126 Å². The average Bonchev–Trinajstić information content (AvgIpc) is 3.28. The van der Waals surface area contributed by atoms with E-state index in [1.807, 2.05) is 37.3 Å². The van der Waals surface area contributed by atoms with Gasteiger partial charge in [0.25, 0.3) is 0 Å². The molecule has 0 amide bonds. The van der Waals surface area contributed by atoms with Crippen molar-refractivity contribution >= 4 is 23.3 Å². The second-order valence-electron chi connectivity index (χ2n) is 14.8. The van der Waals surface area contributed by atoms with E-state index >= 15 is 0 Å². The van der Waals surface area contributed by atoms with Gasteiger partial charge in [0, 0.05) is 22.3 Å². The Morgan fingerprint density at radius 3 is 1.50 bits per heavy atom. The van der Waals surface area contributed by atoms with Gasteiger partial charge in [-0.25, -0.2) is 4.98 Å². The number of rotatable bonds is 15. The lowest BCUT2D eigenvalue weighted by molar-refractivity contribution is -0.164. The van der Waals surface area contributed by atoms with Gasteiger partial charge in [0.1, 0.15) is 55.4 Å². The first-order valence-corrected chi connectivity index (χ1v) is 19.6. The van der Waals surface area contributed by atoms with Crippen molar-refractivity contribution in [3.8, 4) is 41.2 Å². The van der Waals surface area contributed by atoms with Crippen LogP contribution >= 0.6 is 0 Å². The number of pyridine rings is 1. The molecule has 0 bridgehead atoms. The maximum absolute atomic E-state index is 13.2. The van der Waals surface area contributed by atoms with Gasteiger partial charge >= 0.3 is 18.1 Å². The van der Waals surface area contributed by atoms with Gasteiger partial charge in [-0.15, -0.1) is 5.11 Å². The van der Waals surface area contributed by atoms with E-state index in [1.54, 1.807) is 81.4 Å². The molecule has 1 unspecified atom stereocenters. The molecule has 0 N–H and O–H groups in total. The van der Waals surface area contributed by atoms with Crippen molar-refractivity contribution in [3.05, 3.63) is 149 Å². The molecule has 1 atom stereocenters. The number of aromatic nitrogens is 1. The van der Waals surface area contributed by atoms with Gasteiger partial charge in [0.2, 0.25) is 0 Å². The van der Waals surface area contributed by atoms with Gasteiger partial charge in [-0.05, 0) is 143 Å². The Morgan fingerprint density at radius 2 is 1.05 bits per heavy atom. The molecule has 316 valence electrons. The van der Waals surface area contributed by atoms with Gasteiger partial charge in [0.15, 0.2) is 0 Å². The van der Waals surface area contributed by atoms with E-state index in [0.717, 1.165) is 23.3 Å². The second kappa shape index (κ2) is 21.2. The number of ether oxygens (including phenoxy) is 4. The first-order valence-electron chi connectivity index (χ1n) is 19.6. The Hall–Kier alpha value is -7.43. The Labute approximate surface area is 358 Å². The van der Waals surface area contributed by atoms with Crippen LogP contribution in [-0.4, -0.2) is 43.4 Å². The normalized spacial score (nSPS) is 12.1. The number of carbonyl (C=O) groups excluding carboxylic acids is 2. The van der Waals surface area contributed by atoms with E-state index in [2.05, 4.69) is 38.9 Å². The number of benzene rings is 4. The fraction of sp³-hybridized carbons (Fsp3) is 0.265. The minimum atomic E-state index is -4.39. The molecule has 13 heteroatoms. The van der Waals surface area contributed by atoms with Crippen LogP contribution in [0.5, 0.6) is 11.5 Å². The fourth-order valence-electron chi connectivity index (χ4n) is 5.88. The lowest BCUT2D eigenvalue weighted by Gasteiger charge is -2.33. The molecular weight excluding hydrogens is 798 g/mol. The quantitative estimate of drug-likeness (QED) is 0.0440. The summed E-state index contributed by atoms with van der Waals surface area (Å²) in [7, 11) is 0. The largest absolute Gasteiger partial charge is 0.490 e. The molecule has 0 saturated carbocycles. The van der Waals surface area contributed by atoms with Crippen molar-refractivity contribution in [2.75, 3.05) is 26.4 Å². The molecule has 1 heterocycles. The number of esters is 2. The Bertz CT molecular complexity index is 2490. The van der Waals surface area contributed by atoms with Crippen molar-refractivity contribution in [2.24, 2.45) is 21.1 Å². The minimum Gasteiger partial charge on any atom is -0.490 e. The molecule has 0 aliphatic carbocycles. The maximum Gasteiger partial charge on any atom is 0.416 e. The Morgan fingerprint density at radius 1 is 0.613 bits per heavy atom. The van der Waals surface area contributed by atoms with E-state index in [1.165, 1.54) is 18.3 Å². The van der Waals surface area contributed by atoms with Crippen LogP contribution in [0.3, 0.4) is 0 Å². The molecule has 1 aromatic heterocycles. The molecule has 0 aliphatic rings. The highest BCUT2D eigenvalue weighted by Crippen LogP contribution is 2.38. The summed E-state index contributed by atoms with van der Waals surface area (Å²) >= 11 is 0. The lowest BCUT2D eigenvalue weighted by Crippen LogP contribution is -2.39. The molecule has 0 radical (unpaired) electrons. The highest BCUT2D eigenvalue weighted by Gasteiger charge is 2.43. The van der Waals surface area contributed by atoms with Crippen LogP contribution in [0.2, 0.25) is 0 Å². The summed E-state index contributed by atoms with van der Waals surface area (Å²) in [4.78, 5) is 30.3. The van der Waals surface area contributed by atoms with Crippen LogP contribution in [0.25, 0.3) is 0 Å². The second-order valence-corrected chi connectivity index (χ2v) is 14.8. The zero-order valence-electron chi connectivity index (χ0n) is 34.6. The number of nitrogens with zero attached hydrogens (tertiary/aromatic N) is 4. The van der Waals surface area contributed by atoms with Crippen LogP contribution in [0.4, 0.5) is 24.5 Å². The van der Waals surface area contributed by atoms with Crippen molar-refractivity contribution in [1.82, 2.24) is 4.98 Å². The van der Waals surface area contributed by atoms with Crippen molar-refractivity contribution in [1.29, 1.82) is 5.26 Å². The third kappa shape index (κ3) is 13.8. The zero-order valence-corrected chi connectivity index (χ0v) is 34.6. The summed E-state index contributed by atoms with van der Waals surface area (Å²) in [5, 5.41) is 17.1. The van der Waals surface area contributed by atoms with Crippen LogP contribution < -0.4 is 9.47 Å². The number of hydrogen-bond acceptors (Lipinski definition) is 10.